The molecule has 1 aromatic carbocycles. The van der Waals surface area contributed by atoms with Crippen LogP contribution in [0.1, 0.15) is 28.9 Å². The Balaban J connectivity index is 1.77. The summed E-state index contributed by atoms with van der Waals surface area (Å²) in [6.45, 7) is 0. The van der Waals surface area contributed by atoms with E-state index in [4.69, 9.17) is 10.3 Å². The monoisotopic (exact) mass is 347 g/mol. The molecule has 2 heterocycles. The second-order valence-electron chi connectivity index (χ2n) is 4.78. The van der Waals surface area contributed by atoms with E-state index in [9.17, 15) is 0 Å². The molecule has 0 aliphatic heterocycles. The Morgan fingerprint density at radius 3 is 3.00 bits per heavy atom. The normalized spacial score (nSPS) is 12.5. The van der Waals surface area contributed by atoms with E-state index >= 15 is 0 Å². The fourth-order valence-corrected chi connectivity index (χ4v) is 2.49. The first-order valence-corrected chi connectivity index (χ1v) is 7.22. The number of nitrogens with zero attached hydrogens (tertiary/aromatic N) is 4. The number of halogens is 1. The number of nitrogens with two attached hydrogens (primary N) is 1. The fraction of sp³-hybridized carbons (Fsp3) is 0.214. The average molecular weight is 348 g/mol. The molecule has 2 aromatic heterocycles. The smallest absolute Gasteiger partial charge is 0.248 e. The Labute approximate surface area is 130 Å². The Kier molecular flexibility index (Phi) is 3.85. The second kappa shape index (κ2) is 5.79. The van der Waals surface area contributed by atoms with Crippen LogP contribution >= 0.6 is 15.9 Å². The largest absolute Gasteiger partial charge is 0.337 e. The maximum atomic E-state index is 6.10. The summed E-state index contributed by atoms with van der Waals surface area (Å²) < 4.78 is 7.97. The molecule has 3 aromatic rings. The highest BCUT2D eigenvalue weighted by Gasteiger charge is 2.18. The molecule has 0 radical (unpaired) electrons. The highest BCUT2D eigenvalue weighted by Crippen LogP contribution is 2.19. The van der Waals surface area contributed by atoms with Gasteiger partial charge < -0.3 is 10.3 Å². The molecule has 0 saturated carbocycles. The van der Waals surface area contributed by atoms with Crippen LogP contribution in [0.15, 0.2) is 45.7 Å². The van der Waals surface area contributed by atoms with Gasteiger partial charge in [-0.3, -0.25) is 4.68 Å². The van der Waals surface area contributed by atoms with Crippen molar-refractivity contribution >= 4 is 15.9 Å². The summed E-state index contributed by atoms with van der Waals surface area (Å²) in [5.41, 5.74) is 8.05. The molecule has 0 saturated heterocycles. The summed E-state index contributed by atoms with van der Waals surface area (Å²) in [5.74, 6) is 1.01. The van der Waals surface area contributed by atoms with Gasteiger partial charge in [0.15, 0.2) is 5.82 Å². The number of hydrogen-bond acceptors (Lipinski definition) is 5. The molecule has 7 heteroatoms. The van der Waals surface area contributed by atoms with Gasteiger partial charge in [0, 0.05) is 29.7 Å². The van der Waals surface area contributed by atoms with E-state index in [0.29, 0.717) is 18.1 Å². The maximum absolute atomic E-state index is 6.10. The lowest BCUT2D eigenvalue weighted by Gasteiger charge is -2.01. The molecular weight excluding hydrogens is 334 g/mol. The molecule has 0 spiro atoms. The van der Waals surface area contributed by atoms with Gasteiger partial charge in [-0.2, -0.15) is 10.1 Å². The van der Waals surface area contributed by atoms with Crippen LogP contribution in [0.2, 0.25) is 0 Å². The van der Waals surface area contributed by atoms with Gasteiger partial charge in [-0.05, 0) is 17.7 Å². The Morgan fingerprint density at radius 1 is 1.43 bits per heavy atom. The molecule has 1 unspecified atom stereocenters. The maximum Gasteiger partial charge on any atom is 0.248 e. The van der Waals surface area contributed by atoms with Gasteiger partial charge >= 0.3 is 0 Å². The van der Waals surface area contributed by atoms with Crippen LogP contribution < -0.4 is 5.73 Å². The third-order valence-corrected chi connectivity index (χ3v) is 3.58. The van der Waals surface area contributed by atoms with E-state index in [2.05, 4.69) is 31.2 Å². The first-order chi connectivity index (χ1) is 10.1. The zero-order valence-corrected chi connectivity index (χ0v) is 13.0. The highest BCUT2D eigenvalue weighted by molar-refractivity contribution is 9.10. The summed E-state index contributed by atoms with van der Waals surface area (Å²) in [6, 6.07) is 7.53. The van der Waals surface area contributed by atoms with Crippen molar-refractivity contribution in [1.82, 2.24) is 19.9 Å². The lowest BCUT2D eigenvalue weighted by atomic mass is 10.1. The van der Waals surface area contributed by atoms with Crippen molar-refractivity contribution in [1.29, 1.82) is 0 Å². The van der Waals surface area contributed by atoms with Gasteiger partial charge in [0.25, 0.3) is 0 Å². The van der Waals surface area contributed by atoms with Crippen molar-refractivity contribution in [3.8, 4) is 0 Å². The molecule has 108 valence electrons. The van der Waals surface area contributed by atoms with Gasteiger partial charge in [-0.15, -0.1) is 0 Å². The molecule has 0 bridgehead atoms. The quantitative estimate of drug-likeness (QED) is 0.782. The van der Waals surface area contributed by atoms with Crippen LogP contribution in [-0.4, -0.2) is 19.9 Å². The molecule has 2 N–H and O–H groups in total. The van der Waals surface area contributed by atoms with E-state index in [1.165, 1.54) is 0 Å². The molecule has 0 fully saturated rings. The van der Waals surface area contributed by atoms with E-state index in [-0.39, 0.29) is 0 Å². The van der Waals surface area contributed by atoms with Crippen LogP contribution in [0, 0.1) is 0 Å². The predicted octanol–water partition coefficient (Wildman–Crippen LogP) is 2.20. The SMILES string of the molecule is Cn1cc(C(N)c2nc(Cc3cccc(Br)c3)no2)cn1. The topological polar surface area (TPSA) is 82.8 Å². The van der Waals surface area contributed by atoms with Crippen LogP contribution in [0.3, 0.4) is 0 Å². The summed E-state index contributed by atoms with van der Waals surface area (Å²) >= 11 is 3.44. The summed E-state index contributed by atoms with van der Waals surface area (Å²) in [7, 11) is 1.84. The minimum Gasteiger partial charge on any atom is -0.337 e. The van der Waals surface area contributed by atoms with Crippen molar-refractivity contribution in [2.45, 2.75) is 12.5 Å². The Bertz CT molecular complexity index is 751. The molecule has 0 aliphatic rings. The van der Waals surface area contributed by atoms with Gasteiger partial charge in [-0.25, -0.2) is 0 Å². The van der Waals surface area contributed by atoms with E-state index in [1.807, 2.05) is 37.5 Å². The summed E-state index contributed by atoms with van der Waals surface area (Å²) in [6.07, 6.45) is 4.13. The third kappa shape index (κ3) is 3.20. The van der Waals surface area contributed by atoms with Gasteiger partial charge in [0.1, 0.15) is 6.04 Å². The van der Waals surface area contributed by atoms with Crippen LogP contribution in [-0.2, 0) is 13.5 Å². The zero-order chi connectivity index (χ0) is 14.8. The number of aromatic nitrogens is 4. The molecule has 0 aliphatic carbocycles. The van der Waals surface area contributed by atoms with Crippen molar-refractivity contribution < 1.29 is 4.52 Å². The van der Waals surface area contributed by atoms with E-state index in [0.717, 1.165) is 15.6 Å². The first kappa shape index (κ1) is 14.0. The molecule has 1 atom stereocenters. The molecular formula is C14H14BrN5O. The number of rotatable bonds is 4. The average Bonchev–Trinajstić information content (AvgIpc) is 3.07. The first-order valence-electron chi connectivity index (χ1n) is 6.43. The van der Waals surface area contributed by atoms with Crippen LogP contribution in [0.4, 0.5) is 0 Å². The zero-order valence-electron chi connectivity index (χ0n) is 11.4. The van der Waals surface area contributed by atoms with Crippen LogP contribution in [0.5, 0.6) is 0 Å². The minimum atomic E-state index is -0.456. The summed E-state index contributed by atoms with van der Waals surface area (Å²) in [5, 5.41) is 8.07. The lowest BCUT2D eigenvalue weighted by molar-refractivity contribution is 0.363. The van der Waals surface area contributed by atoms with Crippen LogP contribution in [0.25, 0.3) is 0 Å². The third-order valence-electron chi connectivity index (χ3n) is 3.09. The predicted molar refractivity (Wildman–Crippen MR) is 80.5 cm³/mol. The number of hydrogen-bond donors (Lipinski definition) is 1. The standard InChI is InChI=1S/C14H14BrN5O/c1-20-8-10(7-17-20)13(16)14-18-12(19-21-14)6-9-3-2-4-11(15)5-9/h2-5,7-8,13H,6,16H2,1H3. The van der Waals surface area contributed by atoms with Crippen molar-refractivity contribution in [2.75, 3.05) is 0 Å². The highest BCUT2D eigenvalue weighted by atomic mass is 79.9. The van der Waals surface area contributed by atoms with Crippen molar-refractivity contribution in [2.24, 2.45) is 12.8 Å². The molecule has 0 amide bonds. The van der Waals surface area contributed by atoms with Crippen molar-refractivity contribution in [3.63, 3.8) is 0 Å². The number of benzene rings is 1. The Morgan fingerprint density at radius 2 is 2.29 bits per heavy atom. The van der Waals surface area contributed by atoms with Gasteiger partial charge in [0.2, 0.25) is 5.89 Å². The van der Waals surface area contributed by atoms with E-state index < -0.39 is 6.04 Å². The fourth-order valence-electron chi connectivity index (χ4n) is 2.04. The Hall–Kier alpha value is -1.99. The molecule has 3 rings (SSSR count). The van der Waals surface area contributed by atoms with Gasteiger partial charge in [-0.1, -0.05) is 33.2 Å². The second-order valence-corrected chi connectivity index (χ2v) is 5.70. The van der Waals surface area contributed by atoms with Gasteiger partial charge in [0.05, 0.1) is 6.20 Å². The lowest BCUT2D eigenvalue weighted by Crippen LogP contribution is -2.11. The van der Waals surface area contributed by atoms with E-state index in [1.54, 1.807) is 10.9 Å². The van der Waals surface area contributed by atoms with Crippen molar-refractivity contribution in [3.05, 3.63) is 64.0 Å². The minimum absolute atomic E-state index is 0.396. The molecule has 21 heavy (non-hydrogen) atoms. The molecule has 6 nitrogen and oxygen atoms in total. The summed E-state index contributed by atoms with van der Waals surface area (Å²) in [4.78, 5) is 4.37. The number of aryl methyl sites for hydroxylation is 1.